The van der Waals surface area contributed by atoms with E-state index in [0.29, 0.717) is 34.0 Å². The van der Waals surface area contributed by atoms with Crippen molar-refractivity contribution in [2.24, 2.45) is 0 Å². The molecule has 3 aromatic rings. The average molecular weight is 471 g/mol. The van der Waals surface area contributed by atoms with Gasteiger partial charge in [0.1, 0.15) is 12.4 Å². The van der Waals surface area contributed by atoms with Crippen molar-refractivity contribution in [3.8, 4) is 11.4 Å². The number of hydrogen-bond donors (Lipinski definition) is 2. The number of aliphatic hydroxyl groups is 2. The van der Waals surface area contributed by atoms with E-state index in [4.69, 9.17) is 9.72 Å². The zero-order valence-corrected chi connectivity index (χ0v) is 19.1. The number of nitrogens with zero attached hydrogens (tertiary/aromatic N) is 2. The van der Waals surface area contributed by atoms with Gasteiger partial charge in [-0.15, -0.1) is 0 Å². The highest BCUT2D eigenvalue weighted by molar-refractivity contribution is 7.98. The largest absolute Gasteiger partial charge is 0.458 e. The molecular formula is C24H23FN2O5S. The number of rotatable bonds is 5. The minimum Gasteiger partial charge on any atom is -0.458 e. The number of aromatic nitrogens is 2. The minimum absolute atomic E-state index is 0.0412. The summed E-state index contributed by atoms with van der Waals surface area (Å²) in [6.07, 6.45) is 0.0628. The number of halogens is 1. The minimum atomic E-state index is -1.90. The number of aliphatic hydroxyl groups excluding tert-OH is 1. The lowest BCUT2D eigenvalue weighted by Crippen LogP contribution is -2.44. The fourth-order valence-corrected chi connectivity index (χ4v) is 5.50. The zero-order chi connectivity index (χ0) is 23.5. The lowest BCUT2D eigenvalue weighted by atomic mass is 9.86. The summed E-state index contributed by atoms with van der Waals surface area (Å²) in [6, 6.07) is 4.82. The zero-order valence-electron chi connectivity index (χ0n) is 18.3. The Morgan fingerprint density at radius 2 is 2.06 bits per heavy atom. The first kappa shape index (κ1) is 22.1. The summed E-state index contributed by atoms with van der Waals surface area (Å²) in [4.78, 5) is 30.5. The molecule has 2 N–H and O–H groups in total. The Morgan fingerprint density at radius 3 is 2.79 bits per heavy atom. The maximum absolute atomic E-state index is 14.4. The molecule has 0 bridgehead atoms. The van der Waals surface area contributed by atoms with E-state index in [2.05, 4.69) is 0 Å². The van der Waals surface area contributed by atoms with E-state index >= 15 is 0 Å². The first-order valence-corrected chi connectivity index (χ1v) is 11.9. The number of esters is 1. The van der Waals surface area contributed by atoms with Gasteiger partial charge in [-0.05, 0) is 36.6 Å². The van der Waals surface area contributed by atoms with Gasteiger partial charge in [-0.1, -0.05) is 6.92 Å². The molecular weight excluding hydrogens is 447 g/mol. The molecule has 4 heterocycles. The third-order valence-electron chi connectivity index (χ3n) is 6.57. The maximum Gasteiger partial charge on any atom is 0.343 e. The van der Waals surface area contributed by atoms with Crippen molar-refractivity contribution < 1.29 is 24.1 Å². The topological polar surface area (TPSA) is 102 Å². The van der Waals surface area contributed by atoms with E-state index in [1.165, 1.54) is 6.07 Å². The van der Waals surface area contributed by atoms with Crippen molar-refractivity contribution in [1.82, 2.24) is 9.55 Å². The molecule has 7 nitrogen and oxygen atoms in total. The molecule has 2 aliphatic heterocycles. The average Bonchev–Trinajstić information content (AvgIpc) is 3.16. The van der Waals surface area contributed by atoms with Crippen LogP contribution < -0.4 is 5.56 Å². The van der Waals surface area contributed by atoms with Gasteiger partial charge in [-0.3, -0.25) is 4.79 Å². The summed E-state index contributed by atoms with van der Waals surface area (Å²) < 4.78 is 21.1. The number of benzene rings is 1. The van der Waals surface area contributed by atoms with E-state index in [-0.39, 0.29) is 48.7 Å². The molecule has 2 aliphatic rings. The molecule has 172 valence electrons. The molecule has 0 spiro atoms. The molecule has 1 aromatic carbocycles. The molecule has 0 unspecified atom stereocenters. The summed E-state index contributed by atoms with van der Waals surface area (Å²) in [5.41, 5.74) is 2.09. The third-order valence-corrected chi connectivity index (χ3v) is 7.53. The fraction of sp³-hybridized carbons (Fsp3) is 0.375. The van der Waals surface area contributed by atoms with Gasteiger partial charge < -0.3 is 19.5 Å². The summed E-state index contributed by atoms with van der Waals surface area (Å²) in [5.74, 6) is -0.0307. The molecule has 0 amide bonds. The van der Waals surface area contributed by atoms with Gasteiger partial charge in [0.05, 0.1) is 35.6 Å². The van der Waals surface area contributed by atoms with Crippen molar-refractivity contribution >= 4 is 28.6 Å². The van der Waals surface area contributed by atoms with Crippen LogP contribution in [0.3, 0.4) is 0 Å². The second-order valence-corrected chi connectivity index (χ2v) is 9.52. The smallest absolute Gasteiger partial charge is 0.343 e. The standard InChI is InChI=1S/C24H23FN2O5S/c1-3-24(31)17-7-20-21-14(9-27(20)22(29)15(17)10-32-23(24)30)16(11-33-5-4-28)13-6-12(2)18(25)8-19(13)26-21/h6-8,28,31H,3-5,9-11H2,1-2H3/t24-/m0/s1. The summed E-state index contributed by atoms with van der Waals surface area (Å²) in [7, 11) is 0. The molecule has 0 saturated carbocycles. The highest BCUT2D eigenvalue weighted by Crippen LogP contribution is 2.41. The molecule has 33 heavy (non-hydrogen) atoms. The van der Waals surface area contributed by atoms with Gasteiger partial charge in [0, 0.05) is 34.1 Å². The highest BCUT2D eigenvalue weighted by atomic mass is 32.2. The molecule has 0 fully saturated rings. The summed E-state index contributed by atoms with van der Waals surface area (Å²) in [5, 5.41) is 21.1. The van der Waals surface area contributed by atoms with Crippen LogP contribution in [0.1, 0.15) is 41.2 Å². The number of carbonyl (C=O) groups excluding carboxylic acids is 1. The van der Waals surface area contributed by atoms with E-state index in [9.17, 15) is 24.2 Å². The third kappa shape index (κ3) is 3.21. The second-order valence-electron chi connectivity index (χ2n) is 8.42. The second kappa shape index (κ2) is 7.93. The van der Waals surface area contributed by atoms with Crippen LogP contribution in [0.4, 0.5) is 4.39 Å². The SMILES string of the molecule is CC[C@@]1(O)C(=O)OCc2c1cc1n(c2=O)Cc2c-1nc1cc(F)c(C)cc1c2CSCCO. The maximum atomic E-state index is 14.4. The number of cyclic esters (lactones) is 1. The van der Waals surface area contributed by atoms with Gasteiger partial charge in [0.15, 0.2) is 5.60 Å². The molecule has 2 aromatic heterocycles. The van der Waals surface area contributed by atoms with Crippen molar-refractivity contribution in [2.45, 2.75) is 44.8 Å². The summed E-state index contributed by atoms with van der Waals surface area (Å²) >= 11 is 1.55. The predicted molar refractivity (Wildman–Crippen MR) is 122 cm³/mol. The predicted octanol–water partition coefficient (Wildman–Crippen LogP) is 2.75. The Morgan fingerprint density at radius 1 is 1.27 bits per heavy atom. The van der Waals surface area contributed by atoms with Crippen molar-refractivity contribution in [1.29, 1.82) is 0 Å². The van der Waals surface area contributed by atoms with Gasteiger partial charge in [0.25, 0.3) is 5.56 Å². The van der Waals surface area contributed by atoms with E-state index in [0.717, 1.165) is 16.5 Å². The molecule has 0 saturated heterocycles. The van der Waals surface area contributed by atoms with Crippen LogP contribution in [0.2, 0.25) is 0 Å². The van der Waals surface area contributed by atoms with Gasteiger partial charge in [0.2, 0.25) is 0 Å². The summed E-state index contributed by atoms with van der Waals surface area (Å²) in [6.45, 7) is 3.49. The van der Waals surface area contributed by atoms with Gasteiger partial charge in [-0.2, -0.15) is 11.8 Å². The van der Waals surface area contributed by atoms with Crippen LogP contribution in [0.5, 0.6) is 0 Å². The number of hydrogen-bond acceptors (Lipinski definition) is 7. The van der Waals surface area contributed by atoms with Crippen LogP contribution in [-0.2, 0) is 34.0 Å². The van der Waals surface area contributed by atoms with Crippen LogP contribution in [0, 0.1) is 12.7 Å². The Kier molecular flexibility index (Phi) is 5.30. The Balaban J connectivity index is 1.78. The van der Waals surface area contributed by atoms with Crippen molar-refractivity contribution in [3.63, 3.8) is 0 Å². The van der Waals surface area contributed by atoms with E-state index in [1.807, 2.05) is 0 Å². The van der Waals surface area contributed by atoms with Gasteiger partial charge >= 0.3 is 5.97 Å². The molecule has 1 atom stereocenters. The lowest BCUT2D eigenvalue weighted by molar-refractivity contribution is -0.172. The highest BCUT2D eigenvalue weighted by Gasteiger charge is 2.45. The number of aryl methyl sites for hydroxylation is 1. The molecule has 5 rings (SSSR count). The van der Waals surface area contributed by atoms with Crippen molar-refractivity contribution in [3.05, 3.63) is 62.2 Å². The van der Waals surface area contributed by atoms with Crippen LogP contribution >= 0.6 is 11.8 Å². The first-order valence-electron chi connectivity index (χ1n) is 10.8. The molecule has 0 aliphatic carbocycles. The Hall–Kier alpha value is -2.75. The van der Waals surface area contributed by atoms with Crippen LogP contribution in [0.25, 0.3) is 22.3 Å². The van der Waals surface area contributed by atoms with Crippen LogP contribution in [0.15, 0.2) is 23.0 Å². The number of fused-ring (bicyclic) bond motifs is 5. The van der Waals surface area contributed by atoms with E-state index < -0.39 is 11.6 Å². The normalized spacial score (nSPS) is 18.8. The number of carbonyl (C=O) groups is 1. The van der Waals surface area contributed by atoms with Gasteiger partial charge in [-0.25, -0.2) is 14.2 Å². The number of pyridine rings is 2. The number of ether oxygens (including phenoxy) is 1. The fourth-order valence-electron chi connectivity index (χ4n) is 4.70. The quantitative estimate of drug-likeness (QED) is 0.342. The Labute approximate surface area is 193 Å². The van der Waals surface area contributed by atoms with Crippen LogP contribution in [-0.4, -0.2) is 38.1 Å². The molecule has 0 radical (unpaired) electrons. The number of thioether (sulfide) groups is 1. The molecule has 9 heteroatoms. The lowest BCUT2D eigenvalue weighted by Gasteiger charge is -2.31. The first-order chi connectivity index (χ1) is 15.8. The Bertz CT molecular complexity index is 1390. The monoisotopic (exact) mass is 470 g/mol. The van der Waals surface area contributed by atoms with E-state index in [1.54, 1.807) is 42.3 Å². The van der Waals surface area contributed by atoms with Crippen molar-refractivity contribution in [2.75, 3.05) is 12.4 Å².